The molecule has 0 saturated heterocycles. The van der Waals surface area contributed by atoms with E-state index in [1.54, 1.807) is 11.3 Å². The number of fused-ring (bicyclic) bond motifs is 1. The van der Waals surface area contributed by atoms with Crippen molar-refractivity contribution in [2.45, 2.75) is 32.4 Å². The maximum Gasteiger partial charge on any atom is 0.272 e. The van der Waals surface area contributed by atoms with Gasteiger partial charge in [-0.05, 0) is 18.4 Å². The topological polar surface area (TPSA) is 69.8 Å². The number of nitrogens with one attached hydrogen (secondary N) is 3. The second kappa shape index (κ2) is 5.76. The van der Waals surface area contributed by atoms with Gasteiger partial charge in [-0.2, -0.15) is 5.10 Å². The zero-order chi connectivity index (χ0) is 13.9. The lowest BCUT2D eigenvalue weighted by molar-refractivity contribution is 0.0934. The Labute approximate surface area is 121 Å². The van der Waals surface area contributed by atoms with Crippen LogP contribution in [0.25, 0.3) is 0 Å². The zero-order valence-corrected chi connectivity index (χ0v) is 12.2. The number of thiophene rings is 1. The summed E-state index contributed by atoms with van der Waals surface area (Å²) >= 11 is 1.72. The Kier molecular flexibility index (Phi) is 3.84. The first-order valence-electron chi connectivity index (χ1n) is 6.84. The molecule has 0 aliphatic carbocycles. The third-order valence-corrected chi connectivity index (χ3v) is 4.39. The van der Waals surface area contributed by atoms with Crippen LogP contribution in [0.5, 0.6) is 0 Å². The van der Waals surface area contributed by atoms with Crippen molar-refractivity contribution in [2.75, 3.05) is 6.54 Å². The van der Waals surface area contributed by atoms with Gasteiger partial charge in [0.1, 0.15) is 0 Å². The van der Waals surface area contributed by atoms with Gasteiger partial charge in [-0.1, -0.05) is 6.07 Å². The number of carbonyl (C=O) groups is 1. The van der Waals surface area contributed by atoms with Gasteiger partial charge < -0.3 is 10.6 Å². The lowest BCUT2D eigenvalue weighted by Crippen LogP contribution is -2.35. The van der Waals surface area contributed by atoms with Crippen molar-refractivity contribution in [1.29, 1.82) is 0 Å². The Morgan fingerprint density at radius 3 is 3.30 bits per heavy atom. The van der Waals surface area contributed by atoms with E-state index in [1.165, 1.54) is 4.88 Å². The second-order valence-electron chi connectivity index (χ2n) is 5.11. The van der Waals surface area contributed by atoms with Gasteiger partial charge in [0, 0.05) is 48.1 Å². The zero-order valence-electron chi connectivity index (χ0n) is 11.4. The van der Waals surface area contributed by atoms with Gasteiger partial charge >= 0.3 is 0 Å². The van der Waals surface area contributed by atoms with Crippen LogP contribution in [0.2, 0.25) is 0 Å². The molecule has 2 aromatic rings. The Hall–Kier alpha value is -1.66. The van der Waals surface area contributed by atoms with Crippen LogP contribution >= 0.6 is 11.3 Å². The maximum absolute atomic E-state index is 12.3. The fraction of sp³-hybridized carbons (Fsp3) is 0.429. The highest BCUT2D eigenvalue weighted by Gasteiger charge is 2.22. The lowest BCUT2D eigenvalue weighted by atomic mass is 10.1. The van der Waals surface area contributed by atoms with Crippen LogP contribution in [0.4, 0.5) is 0 Å². The molecule has 0 spiro atoms. The minimum Gasteiger partial charge on any atom is -0.348 e. The molecule has 3 rings (SSSR count). The van der Waals surface area contributed by atoms with E-state index in [1.807, 2.05) is 13.0 Å². The molecule has 1 atom stereocenters. The van der Waals surface area contributed by atoms with Crippen LogP contribution in [0.1, 0.15) is 33.5 Å². The van der Waals surface area contributed by atoms with E-state index in [4.69, 9.17) is 0 Å². The van der Waals surface area contributed by atoms with Crippen molar-refractivity contribution in [2.24, 2.45) is 0 Å². The molecular weight excluding hydrogens is 272 g/mol. The quantitative estimate of drug-likeness (QED) is 0.799. The molecule has 0 fully saturated rings. The molecular formula is C14H18N4OS. The highest BCUT2D eigenvalue weighted by Crippen LogP contribution is 2.16. The second-order valence-corrected chi connectivity index (χ2v) is 6.15. The first-order valence-corrected chi connectivity index (χ1v) is 7.72. The number of carbonyl (C=O) groups excluding carboxylic acids is 1. The molecule has 0 bridgehead atoms. The molecule has 3 N–H and O–H groups in total. The summed E-state index contributed by atoms with van der Waals surface area (Å²) in [5, 5.41) is 15.5. The van der Waals surface area contributed by atoms with E-state index >= 15 is 0 Å². The molecule has 106 valence electrons. The number of aromatic nitrogens is 2. The minimum atomic E-state index is -0.0877. The van der Waals surface area contributed by atoms with Crippen molar-refractivity contribution < 1.29 is 4.79 Å². The Morgan fingerprint density at radius 2 is 2.50 bits per heavy atom. The molecule has 0 saturated carbocycles. The summed E-state index contributed by atoms with van der Waals surface area (Å²) in [6, 6.07) is 4.22. The normalized spacial score (nSPS) is 15.7. The summed E-state index contributed by atoms with van der Waals surface area (Å²) in [6.07, 6.45) is 1.76. The van der Waals surface area contributed by atoms with Gasteiger partial charge in [0.25, 0.3) is 5.91 Å². The van der Waals surface area contributed by atoms with E-state index in [0.717, 1.165) is 30.6 Å². The van der Waals surface area contributed by atoms with Gasteiger partial charge in [0.2, 0.25) is 0 Å². The van der Waals surface area contributed by atoms with Gasteiger partial charge in [-0.25, -0.2) is 0 Å². The van der Waals surface area contributed by atoms with E-state index in [-0.39, 0.29) is 11.9 Å². The molecule has 1 aliphatic heterocycles. The highest BCUT2D eigenvalue weighted by molar-refractivity contribution is 7.09. The van der Waals surface area contributed by atoms with Crippen molar-refractivity contribution in [3.63, 3.8) is 0 Å². The molecule has 1 amide bonds. The summed E-state index contributed by atoms with van der Waals surface area (Å²) in [5.74, 6) is -0.0877. The fourth-order valence-corrected chi connectivity index (χ4v) is 3.32. The average molecular weight is 290 g/mol. The largest absolute Gasteiger partial charge is 0.348 e. The van der Waals surface area contributed by atoms with Gasteiger partial charge in [-0.3, -0.25) is 9.89 Å². The highest BCUT2D eigenvalue weighted by atomic mass is 32.1. The van der Waals surface area contributed by atoms with Gasteiger partial charge in [-0.15, -0.1) is 11.3 Å². The van der Waals surface area contributed by atoms with Crippen LogP contribution in [0.3, 0.4) is 0 Å². The predicted octanol–water partition coefficient (Wildman–Crippen LogP) is 1.48. The van der Waals surface area contributed by atoms with Crippen molar-refractivity contribution in [1.82, 2.24) is 20.8 Å². The molecule has 20 heavy (non-hydrogen) atoms. The van der Waals surface area contributed by atoms with E-state index in [9.17, 15) is 4.79 Å². The third-order valence-electron chi connectivity index (χ3n) is 3.49. The smallest absolute Gasteiger partial charge is 0.272 e. The molecule has 2 aromatic heterocycles. The molecule has 1 unspecified atom stereocenters. The van der Waals surface area contributed by atoms with E-state index in [0.29, 0.717) is 12.2 Å². The molecule has 1 aliphatic rings. The molecule has 5 nitrogen and oxygen atoms in total. The number of aromatic amines is 1. The number of rotatable bonds is 4. The van der Waals surface area contributed by atoms with Crippen LogP contribution in [-0.2, 0) is 19.4 Å². The molecule has 0 aromatic carbocycles. The molecule has 6 heteroatoms. The van der Waals surface area contributed by atoms with Gasteiger partial charge in [0.05, 0.1) is 0 Å². The number of hydrogen-bond donors (Lipinski definition) is 3. The summed E-state index contributed by atoms with van der Waals surface area (Å²) in [4.78, 5) is 13.6. The average Bonchev–Trinajstić information content (AvgIpc) is 3.07. The first-order chi connectivity index (χ1) is 9.74. The predicted molar refractivity (Wildman–Crippen MR) is 78.9 cm³/mol. The van der Waals surface area contributed by atoms with Crippen LogP contribution in [-0.4, -0.2) is 28.7 Å². The Balaban J connectivity index is 1.65. The monoisotopic (exact) mass is 290 g/mol. The number of hydrogen-bond acceptors (Lipinski definition) is 4. The Morgan fingerprint density at radius 1 is 1.60 bits per heavy atom. The Bertz CT molecular complexity index is 590. The van der Waals surface area contributed by atoms with Crippen LogP contribution < -0.4 is 10.6 Å². The fourth-order valence-electron chi connectivity index (χ4n) is 2.49. The summed E-state index contributed by atoms with van der Waals surface area (Å²) in [6.45, 7) is 3.67. The molecule has 3 heterocycles. The van der Waals surface area contributed by atoms with E-state index < -0.39 is 0 Å². The standard InChI is InChI=1S/C14H18N4OS/c1-9(7-10-3-2-6-20-10)16-14(19)13-11-8-15-5-4-12(11)17-18-13/h2-3,6,9,15H,4-5,7-8H2,1H3,(H,16,19)(H,17,18). The van der Waals surface area contributed by atoms with Crippen molar-refractivity contribution in [3.8, 4) is 0 Å². The first kappa shape index (κ1) is 13.3. The minimum absolute atomic E-state index is 0.0877. The van der Waals surface area contributed by atoms with Crippen molar-refractivity contribution in [3.05, 3.63) is 39.3 Å². The van der Waals surface area contributed by atoms with Crippen LogP contribution in [0.15, 0.2) is 17.5 Å². The maximum atomic E-state index is 12.3. The number of H-pyrrole nitrogens is 1. The number of amides is 1. The van der Waals surface area contributed by atoms with Gasteiger partial charge in [0.15, 0.2) is 5.69 Å². The SMILES string of the molecule is CC(Cc1cccs1)NC(=O)c1n[nH]c2c1CNCC2. The van der Waals surface area contributed by atoms with Crippen molar-refractivity contribution >= 4 is 17.2 Å². The van der Waals surface area contributed by atoms with Crippen LogP contribution in [0, 0.1) is 0 Å². The molecule has 0 radical (unpaired) electrons. The lowest BCUT2D eigenvalue weighted by Gasteiger charge is -2.15. The summed E-state index contributed by atoms with van der Waals surface area (Å²) in [7, 11) is 0. The third kappa shape index (κ3) is 2.76. The number of nitrogens with zero attached hydrogens (tertiary/aromatic N) is 1. The summed E-state index contributed by atoms with van der Waals surface area (Å²) < 4.78 is 0. The summed E-state index contributed by atoms with van der Waals surface area (Å²) in [5.41, 5.74) is 2.63. The van der Waals surface area contributed by atoms with E-state index in [2.05, 4.69) is 32.3 Å².